The number of urea groups is 1. The minimum atomic E-state index is -0.466. The second kappa shape index (κ2) is 7.43. The normalized spacial score (nSPS) is 13.9. The number of imide groups is 1. The molecule has 1 aromatic heterocycles. The lowest BCUT2D eigenvalue weighted by Crippen LogP contribution is -2.28. The first kappa shape index (κ1) is 17.1. The molecule has 1 saturated heterocycles. The number of hydrogen-bond donors (Lipinski definition) is 2. The number of benzene rings is 1. The average Bonchev–Trinajstić information content (AvgIpc) is 2.90. The summed E-state index contributed by atoms with van der Waals surface area (Å²) in [5, 5.41) is 5.32. The molecule has 0 unspecified atom stereocenters. The molecule has 0 bridgehead atoms. The number of nitrogens with zero attached hydrogens (tertiary/aromatic N) is 4. The number of anilines is 1. The van der Waals surface area contributed by atoms with Crippen molar-refractivity contribution in [1.29, 1.82) is 0 Å². The first-order valence-corrected chi connectivity index (χ1v) is 8.22. The van der Waals surface area contributed by atoms with E-state index in [9.17, 15) is 9.59 Å². The Labute approximate surface area is 149 Å². The fourth-order valence-electron chi connectivity index (χ4n) is 2.40. The summed E-state index contributed by atoms with van der Waals surface area (Å²) in [6.45, 7) is 2.70. The van der Waals surface area contributed by atoms with Gasteiger partial charge in [0.05, 0.1) is 6.54 Å². The minimum Gasteiger partial charge on any atom is -0.350 e. The van der Waals surface area contributed by atoms with E-state index in [4.69, 9.17) is 11.6 Å². The number of carbonyl (C=O) groups excluding carboxylic acids is 2. The zero-order chi connectivity index (χ0) is 17.8. The molecule has 9 heteroatoms. The van der Waals surface area contributed by atoms with E-state index >= 15 is 0 Å². The molecule has 3 rings (SSSR count). The molecule has 0 saturated carbocycles. The SMILES string of the molecule is CCc1ccc(CNc2nc(Cl)nc(CN3CC(=O)NC3=O)n2)cc1. The Kier molecular flexibility index (Phi) is 5.08. The number of rotatable bonds is 6. The number of aryl methyl sites for hydroxylation is 1. The van der Waals surface area contributed by atoms with Crippen molar-refractivity contribution in [3.63, 3.8) is 0 Å². The third-order valence-corrected chi connectivity index (χ3v) is 3.91. The molecule has 25 heavy (non-hydrogen) atoms. The van der Waals surface area contributed by atoms with Crippen molar-refractivity contribution in [1.82, 2.24) is 25.2 Å². The van der Waals surface area contributed by atoms with Crippen LogP contribution < -0.4 is 10.6 Å². The smallest absolute Gasteiger partial charge is 0.324 e. The van der Waals surface area contributed by atoms with E-state index in [1.165, 1.54) is 10.5 Å². The molecule has 1 fully saturated rings. The highest BCUT2D eigenvalue weighted by Crippen LogP contribution is 2.12. The van der Waals surface area contributed by atoms with Gasteiger partial charge in [0.25, 0.3) is 0 Å². The Morgan fingerprint density at radius 2 is 1.88 bits per heavy atom. The molecule has 2 N–H and O–H groups in total. The molecule has 1 aromatic carbocycles. The van der Waals surface area contributed by atoms with Crippen LogP contribution in [0.5, 0.6) is 0 Å². The van der Waals surface area contributed by atoms with Gasteiger partial charge in [-0.2, -0.15) is 9.97 Å². The fourth-order valence-corrected chi connectivity index (χ4v) is 2.57. The number of hydrogen-bond acceptors (Lipinski definition) is 6. The van der Waals surface area contributed by atoms with Gasteiger partial charge in [-0.05, 0) is 29.1 Å². The third kappa shape index (κ3) is 4.42. The molecular weight excluding hydrogens is 344 g/mol. The van der Waals surface area contributed by atoms with Crippen LogP contribution in [0.4, 0.5) is 10.7 Å². The second-order valence-corrected chi connectivity index (χ2v) is 5.92. The van der Waals surface area contributed by atoms with Gasteiger partial charge >= 0.3 is 6.03 Å². The highest BCUT2D eigenvalue weighted by atomic mass is 35.5. The van der Waals surface area contributed by atoms with E-state index in [0.717, 1.165) is 12.0 Å². The van der Waals surface area contributed by atoms with Gasteiger partial charge in [0.15, 0.2) is 5.82 Å². The van der Waals surface area contributed by atoms with Crippen LogP contribution in [0.3, 0.4) is 0 Å². The summed E-state index contributed by atoms with van der Waals surface area (Å²) in [5.41, 5.74) is 2.35. The summed E-state index contributed by atoms with van der Waals surface area (Å²) >= 11 is 5.93. The summed E-state index contributed by atoms with van der Waals surface area (Å²) in [5.74, 6) is 0.285. The molecule has 0 atom stereocenters. The first-order valence-electron chi connectivity index (χ1n) is 7.84. The number of carbonyl (C=O) groups is 2. The van der Waals surface area contributed by atoms with Crippen LogP contribution in [0.25, 0.3) is 0 Å². The zero-order valence-electron chi connectivity index (χ0n) is 13.6. The monoisotopic (exact) mass is 360 g/mol. The molecule has 2 aromatic rings. The van der Waals surface area contributed by atoms with Gasteiger partial charge < -0.3 is 10.2 Å². The molecule has 2 heterocycles. The van der Waals surface area contributed by atoms with Crippen molar-refractivity contribution in [2.45, 2.75) is 26.4 Å². The summed E-state index contributed by atoms with van der Waals surface area (Å²) in [7, 11) is 0. The van der Waals surface area contributed by atoms with Crippen LogP contribution in [0, 0.1) is 0 Å². The van der Waals surface area contributed by atoms with Gasteiger partial charge in [0.1, 0.15) is 6.54 Å². The van der Waals surface area contributed by atoms with E-state index in [2.05, 4.69) is 44.6 Å². The molecule has 8 nitrogen and oxygen atoms in total. The van der Waals surface area contributed by atoms with Gasteiger partial charge in [-0.1, -0.05) is 31.2 Å². The summed E-state index contributed by atoms with van der Waals surface area (Å²) in [6.07, 6.45) is 0.993. The molecule has 0 radical (unpaired) electrons. The number of nitrogens with one attached hydrogen (secondary N) is 2. The molecule has 1 aliphatic rings. The Morgan fingerprint density at radius 3 is 2.52 bits per heavy atom. The van der Waals surface area contributed by atoms with Crippen molar-refractivity contribution >= 4 is 29.5 Å². The van der Waals surface area contributed by atoms with Crippen molar-refractivity contribution in [3.8, 4) is 0 Å². The molecule has 3 amide bonds. The number of aromatic nitrogens is 3. The first-order chi connectivity index (χ1) is 12.0. The molecular formula is C16H17ClN6O2. The summed E-state index contributed by atoms with van der Waals surface area (Å²) in [6, 6.07) is 7.76. The van der Waals surface area contributed by atoms with E-state index in [1.807, 2.05) is 12.1 Å². The maximum absolute atomic E-state index is 11.6. The van der Waals surface area contributed by atoms with E-state index < -0.39 is 6.03 Å². The van der Waals surface area contributed by atoms with Crippen molar-refractivity contribution in [3.05, 3.63) is 46.5 Å². The quantitative estimate of drug-likeness (QED) is 0.761. The highest BCUT2D eigenvalue weighted by molar-refractivity contribution is 6.28. The van der Waals surface area contributed by atoms with Gasteiger partial charge in [-0.25, -0.2) is 9.78 Å². The lowest BCUT2D eigenvalue weighted by Gasteiger charge is -2.12. The predicted molar refractivity (Wildman–Crippen MR) is 91.9 cm³/mol. The largest absolute Gasteiger partial charge is 0.350 e. The lowest BCUT2D eigenvalue weighted by molar-refractivity contribution is -0.118. The van der Waals surface area contributed by atoms with Crippen molar-refractivity contribution in [2.75, 3.05) is 11.9 Å². The maximum atomic E-state index is 11.6. The number of halogens is 1. The molecule has 0 spiro atoms. The topological polar surface area (TPSA) is 100 Å². The van der Waals surface area contributed by atoms with Crippen LogP contribution in [0.15, 0.2) is 24.3 Å². The Bertz CT molecular complexity index is 796. The van der Waals surface area contributed by atoms with Crippen LogP contribution >= 0.6 is 11.6 Å². The standard InChI is InChI=1S/C16H17ClN6O2/c1-2-10-3-5-11(6-4-10)7-18-15-20-12(19-14(17)22-15)8-23-9-13(24)21-16(23)25/h3-6H,2,7-9H2,1H3,(H,21,24,25)(H,18,19,20,22). The van der Waals surface area contributed by atoms with Crippen LogP contribution in [-0.2, 0) is 24.3 Å². The fraction of sp³-hybridized carbons (Fsp3) is 0.312. The van der Waals surface area contributed by atoms with E-state index in [0.29, 0.717) is 18.3 Å². The van der Waals surface area contributed by atoms with Crippen LogP contribution in [0.1, 0.15) is 23.9 Å². The lowest BCUT2D eigenvalue weighted by atomic mass is 10.1. The number of amides is 3. The van der Waals surface area contributed by atoms with Gasteiger partial charge in [0.2, 0.25) is 17.1 Å². The molecule has 0 aliphatic carbocycles. The van der Waals surface area contributed by atoms with Crippen LogP contribution in [0.2, 0.25) is 5.28 Å². The van der Waals surface area contributed by atoms with E-state index in [1.54, 1.807) is 0 Å². The minimum absolute atomic E-state index is 0.0192. The second-order valence-electron chi connectivity index (χ2n) is 5.58. The maximum Gasteiger partial charge on any atom is 0.324 e. The van der Waals surface area contributed by atoms with Gasteiger partial charge in [-0.15, -0.1) is 0 Å². The zero-order valence-corrected chi connectivity index (χ0v) is 14.4. The Hall–Kier alpha value is -2.74. The van der Waals surface area contributed by atoms with Crippen LogP contribution in [-0.4, -0.2) is 38.3 Å². The Balaban J connectivity index is 1.66. The van der Waals surface area contributed by atoms with E-state index in [-0.39, 0.29) is 24.3 Å². The Morgan fingerprint density at radius 1 is 1.16 bits per heavy atom. The average molecular weight is 361 g/mol. The third-order valence-electron chi connectivity index (χ3n) is 3.74. The van der Waals surface area contributed by atoms with Gasteiger partial charge in [0, 0.05) is 6.54 Å². The summed E-state index contributed by atoms with van der Waals surface area (Å²) in [4.78, 5) is 36.4. The van der Waals surface area contributed by atoms with Crippen molar-refractivity contribution < 1.29 is 9.59 Å². The van der Waals surface area contributed by atoms with Gasteiger partial charge in [-0.3, -0.25) is 10.1 Å². The molecule has 130 valence electrons. The molecule has 1 aliphatic heterocycles. The highest BCUT2D eigenvalue weighted by Gasteiger charge is 2.27. The predicted octanol–water partition coefficient (Wildman–Crippen LogP) is 1.75. The van der Waals surface area contributed by atoms with Crippen molar-refractivity contribution in [2.24, 2.45) is 0 Å². The summed E-state index contributed by atoms with van der Waals surface area (Å²) < 4.78 is 0.